The molecule has 0 aromatic heterocycles. The molecule has 1 unspecified atom stereocenters. The fourth-order valence-corrected chi connectivity index (χ4v) is 1.92. The molecule has 0 bridgehead atoms. The van der Waals surface area contributed by atoms with E-state index in [1.165, 1.54) is 0 Å². The van der Waals surface area contributed by atoms with Crippen LogP contribution in [0.1, 0.15) is 31.9 Å². The Morgan fingerprint density at radius 1 is 1.41 bits per heavy atom. The fraction of sp³-hybridized carbons (Fsp3) is 0.500. The van der Waals surface area contributed by atoms with Crippen molar-refractivity contribution in [1.29, 1.82) is 5.26 Å². The molecule has 0 aliphatic heterocycles. The molecule has 0 fully saturated rings. The first-order valence-electron chi connectivity index (χ1n) is 6.05. The summed E-state index contributed by atoms with van der Waals surface area (Å²) in [6.45, 7) is 4.74. The monoisotopic (exact) mass is 231 g/mol. The second kappa shape index (κ2) is 6.27. The predicted octanol–water partition coefficient (Wildman–Crippen LogP) is 2.69. The van der Waals surface area contributed by atoms with Crippen LogP contribution in [0.15, 0.2) is 24.3 Å². The summed E-state index contributed by atoms with van der Waals surface area (Å²) in [7, 11) is 2.01. The molecule has 0 heterocycles. The Bertz CT molecular complexity index is 395. The van der Waals surface area contributed by atoms with Gasteiger partial charge >= 0.3 is 0 Å². The lowest BCUT2D eigenvalue weighted by atomic mass is 10.0. The molecule has 0 radical (unpaired) electrons. The molecule has 2 N–H and O–H groups in total. The fourth-order valence-electron chi connectivity index (χ4n) is 1.92. The number of nitrogens with two attached hydrogens (primary N) is 1. The summed E-state index contributed by atoms with van der Waals surface area (Å²) in [6, 6.07) is 10.5. The molecule has 0 aliphatic rings. The van der Waals surface area contributed by atoms with Crippen molar-refractivity contribution in [2.75, 3.05) is 18.5 Å². The van der Waals surface area contributed by atoms with Gasteiger partial charge in [0.05, 0.1) is 12.0 Å². The van der Waals surface area contributed by atoms with Gasteiger partial charge in [-0.05, 0) is 25.0 Å². The van der Waals surface area contributed by atoms with E-state index in [9.17, 15) is 0 Å². The molecule has 17 heavy (non-hydrogen) atoms. The normalized spacial score (nSPS) is 13.8. The van der Waals surface area contributed by atoms with E-state index in [-0.39, 0.29) is 12.0 Å². The quantitative estimate of drug-likeness (QED) is 0.847. The lowest BCUT2D eigenvalue weighted by molar-refractivity contribution is 0.679. The van der Waals surface area contributed by atoms with Gasteiger partial charge in [0.25, 0.3) is 0 Å². The van der Waals surface area contributed by atoms with Crippen molar-refractivity contribution in [1.82, 2.24) is 0 Å². The summed E-state index contributed by atoms with van der Waals surface area (Å²) < 4.78 is 0. The van der Waals surface area contributed by atoms with Gasteiger partial charge in [0.1, 0.15) is 0 Å². The first kappa shape index (κ1) is 13.5. The zero-order chi connectivity index (χ0) is 12.8. The van der Waals surface area contributed by atoms with E-state index in [0.717, 1.165) is 24.2 Å². The van der Waals surface area contributed by atoms with E-state index >= 15 is 0 Å². The number of anilines is 1. The summed E-state index contributed by atoms with van der Waals surface area (Å²) in [5.41, 5.74) is 8.39. The molecule has 0 saturated carbocycles. The molecule has 3 heteroatoms. The summed E-state index contributed by atoms with van der Waals surface area (Å²) in [6.07, 6.45) is 0.915. The first-order chi connectivity index (χ1) is 8.10. The summed E-state index contributed by atoms with van der Waals surface area (Å²) in [5, 5.41) is 8.85. The molecular formula is C14H21N3. The van der Waals surface area contributed by atoms with Gasteiger partial charge in [0.15, 0.2) is 0 Å². The minimum Gasteiger partial charge on any atom is -0.373 e. The van der Waals surface area contributed by atoms with E-state index in [1.807, 2.05) is 26.1 Å². The topological polar surface area (TPSA) is 53.0 Å². The Kier molecular flexibility index (Phi) is 4.99. The minimum absolute atomic E-state index is 0.0194. The van der Waals surface area contributed by atoms with Crippen LogP contribution in [0, 0.1) is 17.2 Å². The first-order valence-corrected chi connectivity index (χ1v) is 6.05. The molecular weight excluding hydrogens is 210 g/mol. The van der Waals surface area contributed by atoms with Crippen molar-refractivity contribution in [2.24, 2.45) is 11.7 Å². The highest BCUT2D eigenvalue weighted by molar-refractivity contribution is 5.54. The second-order valence-corrected chi connectivity index (χ2v) is 4.48. The van der Waals surface area contributed by atoms with Crippen molar-refractivity contribution in [2.45, 2.75) is 26.3 Å². The van der Waals surface area contributed by atoms with Gasteiger partial charge in [-0.2, -0.15) is 5.26 Å². The Morgan fingerprint density at radius 2 is 2.06 bits per heavy atom. The van der Waals surface area contributed by atoms with Gasteiger partial charge in [-0.15, -0.1) is 0 Å². The van der Waals surface area contributed by atoms with Crippen molar-refractivity contribution < 1.29 is 0 Å². The van der Waals surface area contributed by atoms with Crippen molar-refractivity contribution in [3.05, 3.63) is 29.8 Å². The maximum absolute atomic E-state index is 8.85. The van der Waals surface area contributed by atoms with Crippen molar-refractivity contribution in [3.63, 3.8) is 0 Å². The van der Waals surface area contributed by atoms with Gasteiger partial charge in [-0.25, -0.2) is 0 Å². The third kappa shape index (κ3) is 3.47. The van der Waals surface area contributed by atoms with E-state index in [4.69, 9.17) is 11.0 Å². The SMILES string of the molecule is CC[C@@H](N)c1ccccc1N(C)CC(C)C#N. The standard InChI is InChI=1S/C14H21N3/c1-4-13(16)12-7-5-6-8-14(12)17(3)10-11(2)9-15/h5-8,11,13H,4,10,16H2,1-3H3/t11?,13-/m1/s1. The van der Waals surface area contributed by atoms with Crippen LogP contribution in [0.5, 0.6) is 0 Å². The smallest absolute Gasteiger partial charge is 0.0671 e. The maximum atomic E-state index is 8.85. The van der Waals surface area contributed by atoms with Crippen LogP contribution >= 0.6 is 0 Å². The second-order valence-electron chi connectivity index (χ2n) is 4.48. The number of benzene rings is 1. The molecule has 1 rings (SSSR count). The van der Waals surface area contributed by atoms with Gasteiger partial charge in [-0.3, -0.25) is 0 Å². The Balaban J connectivity index is 2.93. The van der Waals surface area contributed by atoms with E-state index < -0.39 is 0 Å². The van der Waals surface area contributed by atoms with Crippen LogP contribution in [-0.4, -0.2) is 13.6 Å². The highest BCUT2D eigenvalue weighted by Crippen LogP contribution is 2.26. The van der Waals surface area contributed by atoms with Crippen LogP contribution in [0.2, 0.25) is 0 Å². The molecule has 3 nitrogen and oxygen atoms in total. The molecule has 92 valence electrons. The third-order valence-corrected chi connectivity index (χ3v) is 2.96. The van der Waals surface area contributed by atoms with Crippen LogP contribution < -0.4 is 10.6 Å². The summed E-state index contributed by atoms with van der Waals surface area (Å²) >= 11 is 0. The molecule has 0 saturated heterocycles. The van der Waals surface area contributed by atoms with Crippen LogP contribution in [0.3, 0.4) is 0 Å². The average Bonchev–Trinajstić information content (AvgIpc) is 2.37. The number of nitrogens with zero attached hydrogens (tertiary/aromatic N) is 2. The molecule has 1 aromatic carbocycles. The number of nitriles is 1. The van der Waals surface area contributed by atoms with E-state index in [0.29, 0.717) is 0 Å². The molecule has 0 amide bonds. The highest BCUT2D eigenvalue weighted by atomic mass is 15.1. The minimum atomic E-state index is 0.0194. The van der Waals surface area contributed by atoms with Gasteiger partial charge in [-0.1, -0.05) is 25.1 Å². The Hall–Kier alpha value is -1.53. The maximum Gasteiger partial charge on any atom is 0.0671 e. The van der Waals surface area contributed by atoms with Crippen LogP contribution in [0.4, 0.5) is 5.69 Å². The number of hydrogen-bond acceptors (Lipinski definition) is 3. The number of para-hydroxylation sites is 1. The van der Waals surface area contributed by atoms with E-state index in [2.05, 4.69) is 30.0 Å². The molecule has 2 atom stereocenters. The van der Waals surface area contributed by atoms with Gasteiger partial charge < -0.3 is 10.6 Å². The predicted molar refractivity (Wildman–Crippen MR) is 71.7 cm³/mol. The Labute approximate surface area is 104 Å². The lowest BCUT2D eigenvalue weighted by Gasteiger charge is -2.25. The zero-order valence-corrected chi connectivity index (χ0v) is 10.9. The molecule has 0 spiro atoms. The zero-order valence-electron chi connectivity index (χ0n) is 10.9. The number of rotatable bonds is 5. The van der Waals surface area contributed by atoms with Crippen LogP contribution in [0.25, 0.3) is 0 Å². The highest BCUT2D eigenvalue weighted by Gasteiger charge is 2.13. The molecule has 0 aliphatic carbocycles. The van der Waals surface area contributed by atoms with Crippen LogP contribution in [-0.2, 0) is 0 Å². The summed E-state index contributed by atoms with van der Waals surface area (Å²) in [5.74, 6) is 0.0194. The largest absolute Gasteiger partial charge is 0.373 e. The lowest BCUT2D eigenvalue weighted by Crippen LogP contribution is -2.25. The van der Waals surface area contributed by atoms with Gasteiger partial charge in [0.2, 0.25) is 0 Å². The third-order valence-electron chi connectivity index (χ3n) is 2.96. The number of hydrogen-bond donors (Lipinski definition) is 1. The summed E-state index contributed by atoms with van der Waals surface area (Å²) in [4.78, 5) is 2.11. The average molecular weight is 231 g/mol. The Morgan fingerprint density at radius 3 is 2.65 bits per heavy atom. The van der Waals surface area contributed by atoms with E-state index in [1.54, 1.807) is 0 Å². The van der Waals surface area contributed by atoms with Crippen molar-refractivity contribution >= 4 is 5.69 Å². The van der Waals surface area contributed by atoms with Crippen molar-refractivity contribution in [3.8, 4) is 6.07 Å². The molecule has 1 aromatic rings. The van der Waals surface area contributed by atoms with Gasteiger partial charge in [0, 0.05) is 25.3 Å².